The van der Waals surface area contributed by atoms with Crippen LogP contribution in [0.25, 0.3) is 0 Å². The van der Waals surface area contributed by atoms with E-state index in [0.717, 1.165) is 38.5 Å². The van der Waals surface area contributed by atoms with E-state index in [9.17, 15) is 24.3 Å². The van der Waals surface area contributed by atoms with E-state index in [0.29, 0.717) is 12.8 Å². The third-order valence-electron chi connectivity index (χ3n) is 5.42. The maximum Gasteiger partial charge on any atom is 0.378 e. The smallest absolute Gasteiger partial charge is 0.378 e. The van der Waals surface area contributed by atoms with Crippen molar-refractivity contribution in [1.82, 2.24) is 14.8 Å². The quantitative estimate of drug-likeness (QED) is 0.322. The standard InChI is InChI=1S/C22H27N3O10/c1-12(26)32-11-15-17(33-13(2)27)18(34-14(3)28)20(35-15)25-16(23-19(24-25)21(29)31-4)7-10-22(30)8-5-6-9-22/h15,17-18,20,30H,5-6,8-9,11H2,1-4H3/t15-,17-,18-,20-/m1/s1. The van der Waals surface area contributed by atoms with Gasteiger partial charge in [-0.05, 0) is 31.6 Å². The van der Waals surface area contributed by atoms with Crippen LogP contribution in [0.4, 0.5) is 0 Å². The van der Waals surface area contributed by atoms with Crippen LogP contribution < -0.4 is 0 Å². The molecule has 1 N–H and O–H groups in total. The predicted octanol–water partition coefficient (Wildman–Crippen LogP) is 0.0452. The third-order valence-corrected chi connectivity index (χ3v) is 5.42. The molecule has 2 fully saturated rings. The molecule has 1 aliphatic carbocycles. The van der Waals surface area contributed by atoms with Gasteiger partial charge in [0.05, 0.1) is 7.11 Å². The molecule has 2 heterocycles. The van der Waals surface area contributed by atoms with Crippen molar-refractivity contribution in [3.05, 3.63) is 11.6 Å². The first-order valence-electron chi connectivity index (χ1n) is 11.0. The number of methoxy groups -OCH3 is 1. The van der Waals surface area contributed by atoms with Gasteiger partial charge in [0.25, 0.3) is 5.82 Å². The summed E-state index contributed by atoms with van der Waals surface area (Å²) in [6.45, 7) is 3.18. The van der Waals surface area contributed by atoms with E-state index in [1.807, 2.05) is 0 Å². The highest BCUT2D eigenvalue weighted by Crippen LogP contribution is 2.35. The number of hydrogen-bond donors (Lipinski definition) is 1. The minimum absolute atomic E-state index is 0.0809. The minimum atomic E-state index is -1.27. The lowest BCUT2D eigenvalue weighted by Gasteiger charge is -2.23. The Morgan fingerprint density at radius 1 is 1.09 bits per heavy atom. The average molecular weight is 493 g/mol. The van der Waals surface area contributed by atoms with Crippen molar-refractivity contribution in [2.75, 3.05) is 13.7 Å². The summed E-state index contributed by atoms with van der Waals surface area (Å²) < 4.78 is 27.5. The second-order valence-corrected chi connectivity index (χ2v) is 8.20. The van der Waals surface area contributed by atoms with Gasteiger partial charge in [0.1, 0.15) is 18.3 Å². The monoisotopic (exact) mass is 493 g/mol. The molecule has 1 saturated heterocycles. The van der Waals surface area contributed by atoms with E-state index in [4.69, 9.17) is 18.9 Å². The zero-order chi connectivity index (χ0) is 25.8. The van der Waals surface area contributed by atoms with Gasteiger partial charge < -0.3 is 28.8 Å². The summed E-state index contributed by atoms with van der Waals surface area (Å²) >= 11 is 0. The molecule has 0 radical (unpaired) electrons. The van der Waals surface area contributed by atoms with Crippen LogP contribution in [0.1, 0.15) is 69.1 Å². The van der Waals surface area contributed by atoms with Gasteiger partial charge in [0.2, 0.25) is 5.82 Å². The van der Waals surface area contributed by atoms with Crippen molar-refractivity contribution < 1.29 is 48.0 Å². The number of esters is 4. The lowest BCUT2D eigenvalue weighted by Crippen LogP contribution is -2.40. The van der Waals surface area contributed by atoms with E-state index >= 15 is 0 Å². The van der Waals surface area contributed by atoms with Crippen molar-refractivity contribution in [3.8, 4) is 11.8 Å². The predicted molar refractivity (Wildman–Crippen MR) is 113 cm³/mol. The van der Waals surface area contributed by atoms with Crippen molar-refractivity contribution >= 4 is 23.9 Å². The van der Waals surface area contributed by atoms with Crippen molar-refractivity contribution in [1.29, 1.82) is 0 Å². The van der Waals surface area contributed by atoms with Crippen LogP contribution in [0.5, 0.6) is 0 Å². The maximum atomic E-state index is 12.1. The zero-order valence-corrected chi connectivity index (χ0v) is 19.8. The molecule has 2 aliphatic rings. The van der Waals surface area contributed by atoms with Crippen molar-refractivity contribution in [2.45, 2.75) is 76.6 Å². The topological polar surface area (TPSA) is 165 Å². The number of carbonyl (C=O) groups is 4. The van der Waals surface area contributed by atoms with E-state index < -0.39 is 54.0 Å². The molecule has 1 aromatic heterocycles. The number of aromatic nitrogens is 3. The summed E-state index contributed by atoms with van der Waals surface area (Å²) in [6.07, 6.45) is -2.15. The Bertz CT molecular complexity index is 1050. The SMILES string of the molecule is COC(=O)c1nc(C#CC2(O)CCCC2)n([C@@H]2O[C@H](COC(C)=O)[C@@H](OC(C)=O)[C@H]2OC(C)=O)n1. The van der Waals surface area contributed by atoms with Gasteiger partial charge in [-0.2, -0.15) is 4.98 Å². The molecular formula is C22H27N3O10. The Kier molecular flexibility index (Phi) is 8.08. The number of nitrogens with zero attached hydrogens (tertiary/aromatic N) is 3. The van der Waals surface area contributed by atoms with E-state index in [-0.39, 0.29) is 18.3 Å². The van der Waals surface area contributed by atoms with Crippen LogP contribution in [-0.4, -0.2) is 81.4 Å². The minimum Gasteiger partial charge on any atom is -0.463 e. The summed E-state index contributed by atoms with van der Waals surface area (Å²) in [7, 11) is 1.15. The maximum absolute atomic E-state index is 12.1. The van der Waals surface area contributed by atoms with Gasteiger partial charge in [0.15, 0.2) is 18.4 Å². The fourth-order valence-corrected chi connectivity index (χ4v) is 3.91. The average Bonchev–Trinajstić information content (AvgIpc) is 3.48. The molecule has 190 valence electrons. The molecule has 0 amide bonds. The normalized spacial score (nSPS) is 24.7. The van der Waals surface area contributed by atoms with Crippen LogP contribution in [0.3, 0.4) is 0 Å². The molecule has 1 aromatic rings. The fraction of sp³-hybridized carbons (Fsp3) is 0.636. The lowest BCUT2D eigenvalue weighted by molar-refractivity contribution is -0.166. The van der Waals surface area contributed by atoms with Gasteiger partial charge in [0, 0.05) is 20.8 Å². The van der Waals surface area contributed by atoms with Crippen molar-refractivity contribution in [2.24, 2.45) is 0 Å². The Labute approximate surface area is 201 Å². The molecule has 4 atom stereocenters. The second kappa shape index (κ2) is 10.8. The van der Waals surface area contributed by atoms with Gasteiger partial charge in [-0.1, -0.05) is 5.92 Å². The van der Waals surface area contributed by atoms with E-state index in [1.165, 1.54) is 6.92 Å². The number of hydrogen-bond acceptors (Lipinski definition) is 12. The molecule has 13 nitrogen and oxygen atoms in total. The van der Waals surface area contributed by atoms with Gasteiger partial charge >= 0.3 is 23.9 Å². The molecule has 13 heteroatoms. The molecule has 1 saturated carbocycles. The van der Waals surface area contributed by atoms with Crippen LogP contribution in [0.15, 0.2) is 0 Å². The molecule has 0 spiro atoms. The molecule has 3 rings (SSSR count). The van der Waals surface area contributed by atoms with Crippen LogP contribution >= 0.6 is 0 Å². The summed E-state index contributed by atoms with van der Waals surface area (Å²) in [5.41, 5.74) is -1.22. The highest BCUT2D eigenvalue weighted by atomic mass is 16.7. The Morgan fingerprint density at radius 2 is 1.71 bits per heavy atom. The molecule has 35 heavy (non-hydrogen) atoms. The fourth-order valence-electron chi connectivity index (χ4n) is 3.91. The Balaban J connectivity index is 2.06. The highest BCUT2D eigenvalue weighted by molar-refractivity contribution is 5.85. The summed E-state index contributed by atoms with van der Waals surface area (Å²) in [6, 6.07) is 0. The Morgan fingerprint density at radius 3 is 2.29 bits per heavy atom. The van der Waals surface area contributed by atoms with Crippen LogP contribution in [0, 0.1) is 11.8 Å². The molecule has 0 bridgehead atoms. The number of ether oxygens (including phenoxy) is 5. The molecule has 0 unspecified atom stereocenters. The van der Waals surface area contributed by atoms with Gasteiger partial charge in [-0.15, -0.1) is 5.10 Å². The van der Waals surface area contributed by atoms with E-state index in [2.05, 4.69) is 26.7 Å². The van der Waals surface area contributed by atoms with E-state index in [1.54, 1.807) is 0 Å². The van der Waals surface area contributed by atoms with Crippen LogP contribution in [0.2, 0.25) is 0 Å². The highest BCUT2D eigenvalue weighted by Gasteiger charge is 2.52. The van der Waals surface area contributed by atoms with Gasteiger partial charge in [-0.3, -0.25) is 14.4 Å². The Hall–Kier alpha value is -3.50. The van der Waals surface area contributed by atoms with Gasteiger partial charge in [-0.25, -0.2) is 9.48 Å². The lowest BCUT2D eigenvalue weighted by atomic mass is 10.0. The third kappa shape index (κ3) is 6.34. The first-order valence-corrected chi connectivity index (χ1v) is 11.0. The first kappa shape index (κ1) is 26.1. The summed E-state index contributed by atoms with van der Waals surface area (Å²) in [4.78, 5) is 51.2. The summed E-state index contributed by atoms with van der Waals surface area (Å²) in [5.74, 6) is 2.20. The number of rotatable bonds is 6. The number of aliphatic hydroxyl groups is 1. The van der Waals surface area contributed by atoms with Crippen molar-refractivity contribution in [3.63, 3.8) is 0 Å². The molecule has 0 aromatic carbocycles. The van der Waals surface area contributed by atoms with Crippen LogP contribution in [-0.2, 0) is 38.1 Å². The first-order chi connectivity index (χ1) is 16.5. The molecular weight excluding hydrogens is 466 g/mol. The second-order valence-electron chi connectivity index (χ2n) is 8.20. The summed E-state index contributed by atoms with van der Waals surface area (Å²) in [5, 5.41) is 14.7. The molecule has 1 aliphatic heterocycles. The zero-order valence-electron chi connectivity index (χ0n) is 19.8. The largest absolute Gasteiger partial charge is 0.463 e. The number of carbonyl (C=O) groups excluding carboxylic acids is 4.